The highest BCUT2D eigenvalue weighted by Gasteiger charge is 2.18. The van der Waals surface area contributed by atoms with Crippen molar-refractivity contribution in [3.8, 4) is 17.2 Å². The Morgan fingerprint density at radius 3 is 2.59 bits per heavy atom. The molecular formula is C21H19BrN2O5. The topological polar surface area (TPSA) is 79.7 Å². The lowest BCUT2D eigenvalue weighted by atomic mass is 10.1. The van der Waals surface area contributed by atoms with Crippen molar-refractivity contribution < 1.29 is 23.8 Å². The predicted molar refractivity (Wildman–Crippen MR) is 110 cm³/mol. The molecule has 29 heavy (non-hydrogen) atoms. The van der Waals surface area contributed by atoms with Gasteiger partial charge in [-0.15, -0.1) is 0 Å². The highest BCUT2D eigenvalue weighted by atomic mass is 79.9. The first-order valence-corrected chi connectivity index (χ1v) is 9.63. The van der Waals surface area contributed by atoms with Gasteiger partial charge >= 0.3 is 5.97 Å². The summed E-state index contributed by atoms with van der Waals surface area (Å²) in [7, 11) is 1.60. The van der Waals surface area contributed by atoms with Gasteiger partial charge in [-0.25, -0.2) is 9.48 Å². The van der Waals surface area contributed by atoms with E-state index in [1.165, 1.54) is 6.20 Å². The van der Waals surface area contributed by atoms with Crippen LogP contribution in [0.15, 0.2) is 59.3 Å². The maximum Gasteiger partial charge on any atom is 0.344 e. The smallest absolute Gasteiger partial charge is 0.344 e. The summed E-state index contributed by atoms with van der Waals surface area (Å²) in [4.78, 5) is 24.6. The Labute approximate surface area is 176 Å². The van der Waals surface area contributed by atoms with Crippen LogP contribution < -0.4 is 9.47 Å². The molecule has 3 rings (SSSR count). The fraction of sp³-hybridized carbons (Fsp3) is 0.190. The summed E-state index contributed by atoms with van der Waals surface area (Å²) >= 11 is 3.37. The molecule has 150 valence electrons. The standard InChI is InChI=1S/C21H19BrN2O5/c1-3-28-20(25)13-29-19-9-4-15(22)10-18(19)21(26)14-11-23-24(12-14)16-5-7-17(27-2)8-6-16/h4-12H,3,13H2,1-2H3. The summed E-state index contributed by atoms with van der Waals surface area (Å²) < 4.78 is 17.8. The van der Waals surface area contributed by atoms with Gasteiger partial charge in [-0.1, -0.05) is 15.9 Å². The van der Waals surface area contributed by atoms with Gasteiger partial charge in [-0.2, -0.15) is 5.10 Å². The van der Waals surface area contributed by atoms with Crippen LogP contribution in [-0.2, 0) is 9.53 Å². The number of hydrogen-bond acceptors (Lipinski definition) is 6. The van der Waals surface area contributed by atoms with Crippen LogP contribution in [0, 0.1) is 0 Å². The number of esters is 1. The molecule has 0 saturated carbocycles. The molecule has 0 amide bonds. The van der Waals surface area contributed by atoms with E-state index in [1.807, 2.05) is 24.3 Å². The highest BCUT2D eigenvalue weighted by molar-refractivity contribution is 9.10. The number of ketones is 1. The third-order valence-corrected chi connectivity index (χ3v) is 4.51. The van der Waals surface area contributed by atoms with Gasteiger partial charge < -0.3 is 14.2 Å². The zero-order valence-electron chi connectivity index (χ0n) is 15.9. The fourth-order valence-corrected chi connectivity index (χ4v) is 2.98. The molecule has 0 aliphatic rings. The van der Waals surface area contributed by atoms with Crippen LogP contribution in [0.2, 0.25) is 0 Å². The lowest BCUT2D eigenvalue weighted by molar-refractivity contribution is -0.145. The number of carbonyl (C=O) groups is 2. The average molecular weight is 459 g/mol. The number of halogens is 1. The van der Waals surface area contributed by atoms with Crippen LogP contribution in [0.4, 0.5) is 0 Å². The maximum atomic E-state index is 13.0. The summed E-state index contributed by atoms with van der Waals surface area (Å²) in [5.41, 5.74) is 1.50. The van der Waals surface area contributed by atoms with Crippen molar-refractivity contribution in [1.82, 2.24) is 9.78 Å². The van der Waals surface area contributed by atoms with Crippen molar-refractivity contribution in [2.24, 2.45) is 0 Å². The minimum absolute atomic E-state index is 0.263. The Kier molecular flexibility index (Phi) is 6.66. The van der Waals surface area contributed by atoms with E-state index >= 15 is 0 Å². The van der Waals surface area contributed by atoms with Gasteiger partial charge in [0.2, 0.25) is 0 Å². The number of nitrogens with zero attached hydrogens (tertiary/aromatic N) is 2. The Bertz CT molecular complexity index is 1010. The molecule has 0 spiro atoms. The van der Waals surface area contributed by atoms with Gasteiger partial charge in [-0.3, -0.25) is 4.79 Å². The van der Waals surface area contributed by atoms with E-state index in [0.29, 0.717) is 21.3 Å². The van der Waals surface area contributed by atoms with Crippen LogP contribution >= 0.6 is 15.9 Å². The lowest BCUT2D eigenvalue weighted by Crippen LogP contribution is -2.16. The number of methoxy groups -OCH3 is 1. The van der Waals surface area contributed by atoms with E-state index in [0.717, 1.165) is 11.4 Å². The molecule has 0 fully saturated rings. The first-order chi connectivity index (χ1) is 14.0. The third kappa shape index (κ3) is 5.03. The number of aromatic nitrogens is 2. The third-order valence-electron chi connectivity index (χ3n) is 4.02. The van der Waals surface area contributed by atoms with Gasteiger partial charge in [0.15, 0.2) is 12.4 Å². The molecular weight excluding hydrogens is 440 g/mol. The number of rotatable bonds is 8. The van der Waals surface area contributed by atoms with Crippen molar-refractivity contribution in [3.05, 3.63) is 70.5 Å². The van der Waals surface area contributed by atoms with Crippen molar-refractivity contribution in [1.29, 1.82) is 0 Å². The van der Waals surface area contributed by atoms with Crippen LogP contribution in [0.5, 0.6) is 11.5 Å². The molecule has 0 aliphatic heterocycles. The van der Waals surface area contributed by atoms with Crippen molar-refractivity contribution in [2.75, 3.05) is 20.3 Å². The van der Waals surface area contributed by atoms with Crippen LogP contribution in [0.25, 0.3) is 5.69 Å². The molecule has 7 nitrogen and oxygen atoms in total. The number of hydrogen-bond donors (Lipinski definition) is 0. The normalized spacial score (nSPS) is 10.4. The van der Waals surface area contributed by atoms with Gasteiger partial charge in [0, 0.05) is 10.7 Å². The zero-order chi connectivity index (χ0) is 20.8. The summed E-state index contributed by atoms with van der Waals surface area (Å²) in [5, 5.41) is 4.27. The minimum Gasteiger partial charge on any atom is -0.497 e. The molecule has 2 aromatic carbocycles. The second-order valence-corrected chi connectivity index (χ2v) is 6.85. The number of benzene rings is 2. The van der Waals surface area contributed by atoms with Gasteiger partial charge in [0.05, 0.1) is 36.7 Å². The largest absolute Gasteiger partial charge is 0.497 e. The molecule has 1 heterocycles. The molecule has 0 atom stereocenters. The molecule has 0 radical (unpaired) electrons. The summed E-state index contributed by atoms with van der Waals surface area (Å²) in [6, 6.07) is 12.3. The lowest BCUT2D eigenvalue weighted by Gasteiger charge is -2.10. The van der Waals surface area contributed by atoms with Crippen molar-refractivity contribution >= 4 is 27.7 Å². The average Bonchev–Trinajstić information content (AvgIpc) is 3.23. The molecule has 0 saturated heterocycles. The van der Waals surface area contributed by atoms with Gasteiger partial charge in [0.1, 0.15) is 11.5 Å². The van der Waals surface area contributed by atoms with E-state index in [-0.39, 0.29) is 19.0 Å². The quantitative estimate of drug-likeness (QED) is 0.377. The second-order valence-electron chi connectivity index (χ2n) is 5.93. The van der Waals surface area contributed by atoms with Crippen molar-refractivity contribution in [2.45, 2.75) is 6.92 Å². The maximum absolute atomic E-state index is 13.0. The Hall–Kier alpha value is -3.13. The van der Waals surface area contributed by atoms with Gasteiger partial charge in [0.25, 0.3) is 0 Å². The number of carbonyl (C=O) groups excluding carboxylic acids is 2. The van der Waals surface area contributed by atoms with Crippen LogP contribution in [-0.4, -0.2) is 41.9 Å². The molecule has 0 N–H and O–H groups in total. The first-order valence-electron chi connectivity index (χ1n) is 8.83. The SMILES string of the molecule is CCOC(=O)COc1ccc(Br)cc1C(=O)c1cnn(-c2ccc(OC)cc2)c1. The fourth-order valence-electron chi connectivity index (χ4n) is 2.62. The molecule has 3 aromatic rings. The minimum atomic E-state index is -0.499. The second kappa shape index (κ2) is 9.38. The van der Waals surface area contributed by atoms with E-state index in [4.69, 9.17) is 14.2 Å². The Morgan fingerprint density at radius 1 is 1.14 bits per heavy atom. The molecule has 0 unspecified atom stereocenters. The van der Waals surface area contributed by atoms with Crippen molar-refractivity contribution in [3.63, 3.8) is 0 Å². The zero-order valence-corrected chi connectivity index (χ0v) is 17.5. The summed E-state index contributed by atoms with van der Waals surface area (Å²) in [5.74, 6) is 0.254. The summed E-state index contributed by atoms with van der Waals surface area (Å²) in [6.07, 6.45) is 3.13. The Morgan fingerprint density at radius 2 is 1.90 bits per heavy atom. The molecule has 0 aliphatic carbocycles. The molecule has 1 aromatic heterocycles. The van der Waals surface area contributed by atoms with E-state index in [2.05, 4.69) is 21.0 Å². The highest BCUT2D eigenvalue weighted by Crippen LogP contribution is 2.26. The Balaban J connectivity index is 1.83. The monoisotopic (exact) mass is 458 g/mol. The molecule has 8 heteroatoms. The van der Waals surface area contributed by atoms with E-state index in [1.54, 1.807) is 43.1 Å². The summed E-state index contributed by atoms with van der Waals surface area (Å²) in [6.45, 7) is 1.70. The van der Waals surface area contributed by atoms with Gasteiger partial charge in [-0.05, 0) is 49.4 Å². The molecule has 0 bridgehead atoms. The van der Waals surface area contributed by atoms with E-state index < -0.39 is 5.97 Å². The number of ether oxygens (including phenoxy) is 3. The first kappa shape index (κ1) is 20.6. The predicted octanol–water partition coefficient (Wildman–Crippen LogP) is 3.82. The van der Waals surface area contributed by atoms with E-state index in [9.17, 15) is 9.59 Å². The van der Waals surface area contributed by atoms with Crippen LogP contribution in [0.1, 0.15) is 22.8 Å². The van der Waals surface area contributed by atoms with Crippen LogP contribution in [0.3, 0.4) is 0 Å².